The third kappa shape index (κ3) is 5.83. The molecule has 0 spiro atoms. The zero-order valence-electron chi connectivity index (χ0n) is 15.7. The largest absolute Gasteiger partial charge is 0.573 e. The molecular weight excluding hydrogens is 447 g/mol. The summed E-state index contributed by atoms with van der Waals surface area (Å²) < 4.78 is 73.4. The molecule has 3 rings (SSSR count). The normalized spacial score (nSPS) is 15.1. The molecule has 164 valence electrons. The standard InChI is InChI=1S/C17H18F3N3O5S2/c1-11-8-12(28-17(18,19)20)2-3-14(11)30(25,26)22-16-21-10-13(29-16)9-15(24)23-4-6-27-7-5-23/h2-3,8,10H,4-7,9H2,1H3,(H,21,22). The van der Waals surface area contributed by atoms with Crippen LogP contribution in [0.2, 0.25) is 0 Å². The van der Waals surface area contributed by atoms with Gasteiger partial charge in [0.15, 0.2) is 5.13 Å². The van der Waals surface area contributed by atoms with Gasteiger partial charge in [0.1, 0.15) is 5.75 Å². The molecule has 1 amide bonds. The SMILES string of the molecule is Cc1cc(OC(F)(F)F)ccc1S(=O)(=O)Nc1ncc(CC(=O)N2CCOCC2)s1. The number of benzene rings is 1. The zero-order valence-corrected chi connectivity index (χ0v) is 17.4. The van der Waals surface area contributed by atoms with Gasteiger partial charge in [0, 0.05) is 24.2 Å². The third-order valence-corrected chi connectivity index (χ3v) is 6.68. The summed E-state index contributed by atoms with van der Waals surface area (Å²) in [6.07, 6.45) is -3.38. The number of nitrogens with one attached hydrogen (secondary N) is 1. The van der Waals surface area contributed by atoms with Crippen molar-refractivity contribution in [3.63, 3.8) is 0 Å². The molecular formula is C17H18F3N3O5S2. The number of carbonyl (C=O) groups is 1. The van der Waals surface area contributed by atoms with Crippen molar-refractivity contribution in [2.75, 3.05) is 31.0 Å². The monoisotopic (exact) mass is 465 g/mol. The van der Waals surface area contributed by atoms with Crippen LogP contribution in [0.15, 0.2) is 29.3 Å². The molecule has 0 unspecified atom stereocenters. The number of rotatable bonds is 6. The van der Waals surface area contributed by atoms with Crippen molar-refractivity contribution in [3.8, 4) is 5.75 Å². The topological polar surface area (TPSA) is 97.8 Å². The van der Waals surface area contributed by atoms with E-state index in [0.717, 1.165) is 29.5 Å². The minimum Gasteiger partial charge on any atom is -0.406 e. The molecule has 13 heteroatoms. The lowest BCUT2D eigenvalue weighted by molar-refractivity contribution is -0.274. The lowest BCUT2D eigenvalue weighted by Gasteiger charge is -2.26. The van der Waals surface area contributed by atoms with Crippen LogP contribution in [0, 0.1) is 6.92 Å². The van der Waals surface area contributed by atoms with Gasteiger partial charge in [0.05, 0.1) is 24.5 Å². The van der Waals surface area contributed by atoms with Gasteiger partial charge in [0.25, 0.3) is 10.0 Å². The van der Waals surface area contributed by atoms with Crippen LogP contribution in [0.4, 0.5) is 18.3 Å². The molecule has 1 aliphatic heterocycles. The van der Waals surface area contributed by atoms with E-state index in [1.807, 2.05) is 0 Å². The van der Waals surface area contributed by atoms with Crippen molar-refractivity contribution in [1.82, 2.24) is 9.88 Å². The van der Waals surface area contributed by atoms with Gasteiger partial charge in [0.2, 0.25) is 5.91 Å². The number of sulfonamides is 1. The molecule has 8 nitrogen and oxygen atoms in total. The number of hydrogen-bond acceptors (Lipinski definition) is 7. The molecule has 1 fully saturated rings. The van der Waals surface area contributed by atoms with Gasteiger partial charge < -0.3 is 14.4 Å². The Morgan fingerprint density at radius 1 is 1.33 bits per heavy atom. The van der Waals surface area contributed by atoms with E-state index in [4.69, 9.17) is 4.74 Å². The molecule has 1 aromatic heterocycles. The highest BCUT2D eigenvalue weighted by Crippen LogP contribution is 2.28. The molecule has 2 heterocycles. The quantitative estimate of drug-likeness (QED) is 0.704. The number of aryl methyl sites for hydroxylation is 1. The smallest absolute Gasteiger partial charge is 0.406 e. The average Bonchev–Trinajstić information content (AvgIpc) is 3.06. The summed E-state index contributed by atoms with van der Waals surface area (Å²) in [5.41, 5.74) is 0.0727. The first-order valence-electron chi connectivity index (χ1n) is 8.73. The van der Waals surface area contributed by atoms with Crippen LogP contribution in [0.25, 0.3) is 0 Å². The fourth-order valence-corrected chi connectivity index (χ4v) is 5.07. The second-order valence-corrected chi connectivity index (χ2v) is 9.15. The lowest BCUT2D eigenvalue weighted by atomic mass is 10.2. The summed E-state index contributed by atoms with van der Waals surface area (Å²) >= 11 is 1.01. The van der Waals surface area contributed by atoms with Crippen LogP contribution in [0.3, 0.4) is 0 Å². The van der Waals surface area contributed by atoms with Gasteiger partial charge in [-0.1, -0.05) is 0 Å². The molecule has 1 aliphatic rings. The third-order valence-electron chi connectivity index (χ3n) is 4.13. The summed E-state index contributed by atoms with van der Waals surface area (Å²) in [6, 6.07) is 2.93. The van der Waals surface area contributed by atoms with Crippen LogP contribution in [0.1, 0.15) is 10.4 Å². The Morgan fingerprint density at radius 3 is 2.67 bits per heavy atom. The second-order valence-electron chi connectivity index (χ2n) is 6.38. The highest BCUT2D eigenvalue weighted by molar-refractivity contribution is 7.93. The first kappa shape index (κ1) is 22.3. The number of alkyl halides is 3. The van der Waals surface area contributed by atoms with Crippen molar-refractivity contribution in [1.29, 1.82) is 0 Å². The Hall–Kier alpha value is -2.38. The number of morpholine rings is 1. The maximum atomic E-state index is 12.6. The average molecular weight is 465 g/mol. The van der Waals surface area contributed by atoms with Crippen LogP contribution >= 0.6 is 11.3 Å². The Bertz CT molecular complexity index is 1020. The summed E-state index contributed by atoms with van der Waals surface area (Å²) in [4.78, 5) is 18.3. The van der Waals surface area contributed by atoms with Crippen LogP contribution in [0.5, 0.6) is 5.75 Å². The minimum absolute atomic E-state index is 0.0507. The Morgan fingerprint density at radius 2 is 2.03 bits per heavy atom. The summed E-state index contributed by atoms with van der Waals surface area (Å²) in [6.45, 7) is 3.32. The Labute approximate surface area is 174 Å². The number of halogens is 3. The maximum absolute atomic E-state index is 12.6. The van der Waals surface area contributed by atoms with Gasteiger partial charge in [-0.3, -0.25) is 9.52 Å². The van der Waals surface area contributed by atoms with Gasteiger partial charge in [-0.25, -0.2) is 13.4 Å². The van der Waals surface area contributed by atoms with E-state index in [1.165, 1.54) is 13.1 Å². The van der Waals surface area contributed by atoms with E-state index in [2.05, 4.69) is 14.4 Å². The van der Waals surface area contributed by atoms with E-state index in [0.29, 0.717) is 31.2 Å². The number of hydrogen-bond donors (Lipinski definition) is 1. The number of thiazole rings is 1. The summed E-state index contributed by atoms with van der Waals surface area (Å²) in [7, 11) is -4.09. The lowest BCUT2D eigenvalue weighted by Crippen LogP contribution is -2.41. The zero-order chi connectivity index (χ0) is 21.9. The van der Waals surface area contributed by atoms with E-state index in [-0.39, 0.29) is 27.9 Å². The summed E-state index contributed by atoms with van der Waals surface area (Å²) in [5, 5.41) is 0.0507. The molecule has 0 atom stereocenters. The van der Waals surface area contributed by atoms with Crippen LogP contribution < -0.4 is 9.46 Å². The van der Waals surface area contributed by atoms with Crippen molar-refractivity contribution in [2.45, 2.75) is 24.6 Å². The highest BCUT2D eigenvalue weighted by Gasteiger charge is 2.31. The molecule has 1 N–H and O–H groups in total. The van der Waals surface area contributed by atoms with Gasteiger partial charge in [-0.15, -0.1) is 24.5 Å². The second kappa shape index (κ2) is 8.78. The molecule has 0 radical (unpaired) electrons. The maximum Gasteiger partial charge on any atom is 0.573 e. The van der Waals surface area contributed by atoms with Crippen LogP contribution in [-0.2, 0) is 26.0 Å². The number of anilines is 1. The van der Waals surface area contributed by atoms with Crippen LogP contribution in [-0.4, -0.2) is 56.9 Å². The minimum atomic E-state index is -4.87. The molecule has 0 saturated carbocycles. The van der Waals surface area contributed by atoms with E-state index < -0.39 is 22.1 Å². The number of amides is 1. The van der Waals surface area contributed by atoms with Gasteiger partial charge in [-0.05, 0) is 30.7 Å². The number of nitrogens with zero attached hydrogens (tertiary/aromatic N) is 2. The van der Waals surface area contributed by atoms with Gasteiger partial charge >= 0.3 is 6.36 Å². The van der Waals surface area contributed by atoms with Crippen molar-refractivity contribution in [3.05, 3.63) is 34.8 Å². The van der Waals surface area contributed by atoms with Crippen molar-refractivity contribution < 1.29 is 35.9 Å². The molecule has 30 heavy (non-hydrogen) atoms. The molecule has 1 saturated heterocycles. The molecule has 1 aromatic carbocycles. The first-order valence-corrected chi connectivity index (χ1v) is 11.0. The molecule has 2 aromatic rings. The molecule has 0 aliphatic carbocycles. The predicted molar refractivity (Wildman–Crippen MR) is 102 cm³/mol. The number of ether oxygens (including phenoxy) is 2. The van der Waals surface area contributed by atoms with E-state index in [9.17, 15) is 26.4 Å². The van der Waals surface area contributed by atoms with Gasteiger partial charge in [-0.2, -0.15) is 0 Å². The fourth-order valence-electron chi connectivity index (χ4n) is 2.80. The number of aromatic nitrogens is 1. The van der Waals surface area contributed by atoms with Crippen molar-refractivity contribution >= 4 is 32.4 Å². The predicted octanol–water partition coefficient (Wildman–Crippen LogP) is 2.55. The summed E-state index contributed by atoms with van der Waals surface area (Å²) in [5.74, 6) is -0.621. The fraction of sp³-hybridized carbons (Fsp3) is 0.412. The van der Waals surface area contributed by atoms with E-state index >= 15 is 0 Å². The Balaban J connectivity index is 1.68. The highest BCUT2D eigenvalue weighted by atomic mass is 32.2. The number of carbonyl (C=O) groups excluding carboxylic acids is 1. The molecule has 0 bridgehead atoms. The Kier molecular flexibility index (Phi) is 6.53. The first-order chi connectivity index (χ1) is 14.0. The van der Waals surface area contributed by atoms with Crippen molar-refractivity contribution in [2.24, 2.45) is 0 Å². The van der Waals surface area contributed by atoms with E-state index in [1.54, 1.807) is 4.90 Å².